The van der Waals surface area contributed by atoms with Gasteiger partial charge in [-0.2, -0.15) is 0 Å². The molecule has 112 valence electrons. The topological polar surface area (TPSA) is 58.2 Å². The molecule has 1 aromatic carbocycles. The van der Waals surface area contributed by atoms with Crippen LogP contribution in [0.1, 0.15) is 39.5 Å². The highest BCUT2D eigenvalue weighted by Gasteiger charge is 2.28. The van der Waals surface area contributed by atoms with Crippen LogP contribution < -0.4 is 10.0 Å². The van der Waals surface area contributed by atoms with Crippen molar-refractivity contribution in [1.29, 1.82) is 0 Å². The van der Waals surface area contributed by atoms with Crippen LogP contribution in [-0.2, 0) is 10.0 Å². The van der Waals surface area contributed by atoms with Crippen molar-refractivity contribution in [2.24, 2.45) is 5.92 Å². The Morgan fingerprint density at radius 1 is 1.20 bits per heavy atom. The third kappa shape index (κ3) is 3.73. The smallest absolute Gasteiger partial charge is 0.240 e. The monoisotopic (exact) mass is 296 g/mol. The van der Waals surface area contributed by atoms with Gasteiger partial charge in [-0.3, -0.25) is 0 Å². The van der Waals surface area contributed by atoms with Crippen molar-refractivity contribution in [3.05, 3.63) is 24.3 Å². The predicted octanol–water partition coefficient (Wildman–Crippen LogP) is 2.98. The molecule has 2 N–H and O–H groups in total. The Hall–Kier alpha value is -1.07. The number of nitrogens with one attached hydrogen (secondary N) is 2. The molecule has 2 rings (SSSR count). The van der Waals surface area contributed by atoms with Gasteiger partial charge in [-0.05, 0) is 49.4 Å². The van der Waals surface area contributed by atoms with Crippen LogP contribution in [0.3, 0.4) is 0 Å². The molecule has 2 atom stereocenters. The summed E-state index contributed by atoms with van der Waals surface area (Å²) in [4.78, 5) is 0.346. The molecule has 1 saturated carbocycles. The Morgan fingerprint density at radius 2 is 1.90 bits per heavy atom. The van der Waals surface area contributed by atoms with Gasteiger partial charge in [0.05, 0.1) is 4.90 Å². The fraction of sp³-hybridized carbons (Fsp3) is 0.600. The molecule has 0 spiro atoms. The van der Waals surface area contributed by atoms with Crippen molar-refractivity contribution in [2.75, 3.05) is 11.9 Å². The molecule has 0 bridgehead atoms. The van der Waals surface area contributed by atoms with Crippen LogP contribution in [0.15, 0.2) is 29.2 Å². The van der Waals surface area contributed by atoms with E-state index in [4.69, 9.17) is 0 Å². The molecule has 0 heterocycles. The molecule has 0 aromatic heterocycles. The molecular weight excluding hydrogens is 272 g/mol. The molecule has 0 amide bonds. The summed E-state index contributed by atoms with van der Waals surface area (Å²) in [6.07, 6.45) is 4.19. The average Bonchev–Trinajstić information content (AvgIpc) is 2.82. The molecule has 4 nitrogen and oxygen atoms in total. The minimum Gasteiger partial charge on any atom is -0.385 e. The number of rotatable bonds is 6. The van der Waals surface area contributed by atoms with E-state index in [1.807, 2.05) is 12.1 Å². The number of anilines is 1. The molecule has 0 saturated heterocycles. The van der Waals surface area contributed by atoms with E-state index in [9.17, 15) is 8.42 Å². The second-order valence-electron chi connectivity index (χ2n) is 5.59. The summed E-state index contributed by atoms with van der Waals surface area (Å²) in [5, 5.41) is 3.24. The van der Waals surface area contributed by atoms with E-state index in [2.05, 4.69) is 23.9 Å². The van der Waals surface area contributed by atoms with Gasteiger partial charge in [-0.1, -0.05) is 20.3 Å². The van der Waals surface area contributed by atoms with Gasteiger partial charge >= 0.3 is 0 Å². The van der Waals surface area contributed by atoms with E-state index in [1.165, 1.54) is 0 Å². The Bertz CT molecular complexity index is 525. The van der Waals surface area contributed by atoms with Gasteiger partial charge in [0.2, 0.25) is 10.0 Å². The summed E-state index contributed by atoms with van der Waals surface area (Å²) < 4.78 is 27.5. The Balaban J connectivity index is 2.05. The van der Waals surface area contributed by atoms with Crippen LogP contribution in [0.2, 0.25) is 0 Å². The number of hydrogen-bond donors (Lipinski definition) is 2. The fourth-order valence-electron chi connectivity index (χ4n) is 2.61. The molecule has 1 fully saturated rings. The Morgan fingerprint density at radius 3 is 2.45 bits per heavy atom. The average molecular weight is 296 g/mol. The van der Waals surface area contributed by atoms with Crippen molar-refractivity contribution >= 4 is 15.7 Å². The highest BCUT2D eigenvalue weighted by molar-refractivity contribution is 7.89. The van der Waals surface area contributed by atoms with Gasteiger partial charge in [0.15, 0.2) is 0 Å². The first-order chi connectivity index (χ1) is 9.53. The van der Waals surface area contributed by atoms with Gasteiger partial charge in [-0.15, -0.1) is 0 Å². The molecule has 1 aliphatic carbocycles. The largest absolute Gasteiger partial charge is 0.385 e. The van der Waals surface area contributed by atoms with E-state index >= 15 is 0 Å². The van der Waals surface area contributed by atoms with Crippen molar-refractivity contribution in [3.8, 4) is 0 Å². The third-order valence-corrected chi connectivity index (χ3v) is 5.42. The molecule has 2 unspecified atom stereocenters. The molecular formula is C15H24N2O2S. The standard InChI is InChI=1S/C15H24N2O2S/c1-3-11-16-13-7-9-14(10-8-13)20(18,19)17-15-6-4-5-12(15)2/h7-10,12,15-17H,3-6,11H2,1-2H3. The Kier molecular flexibility index (Phi) is 5.05. The van der Waals surface area contributed by atoms with Crippen molar-refractivity contribution in [3.63, 3.8) is 0 Å². The molecule has 0 aliphatic heterocycles. The maximum Gasteiger partial charge on any atom is 0.240 e. The van der Waals surface area contributed by atoms with Crippen LogP contribution in [-0.4, -0.2) is 21.0 Å². The van der Waals surface area contributed by atoms with Crippen LogP contribution in [0.4, 0.5) is 5.69 Å². The van der Waals surface area contributed by atoms with Crippen molar-refractivity contribution in [1.82, 2.24) is 4.72 Å². The van der Waals surface area contributed by atoms with Crippen molar-refractivity contribution < 1.29 is 8.42 Å². The summed E-state index contributed by atoms with van der Waals surface area (Å²) >= 11 is 0. The zero-order chi connectivity index (χ0) is 14.6. The maximum absolute atomic E-state index is 12.3. The quantitative estimate of drug-likeness (QED) is 0.848. The maximum atomic E-state index is 12.3. The Labute approximate surface area is 122 Å². The van der Waals surface area contributed by atoms with Gasteiger partial charge in [0.1, 0.15) is 0 Å². The molecule has 20 heavy (non-hydrogen) atoms. The predicted molar refractivity (Wildman–Crippen MR) is 82.3 cm³/mol. The summed E-state index contributed by atoms with van der Waals surface area (Å²) in [5.74, 6) is 0.426. The lowest BCUT2D eigenvalue weighted by atomic mass is 10.1. The summed E-state index contributed by atoms with van der Waals surface area (Å²) in [7, 11) is -3.39. The minimum absolute atomic E-state index is 0.0814. The van der Waals surface area contributed by atoms with Crippen LogP contribution in [0.5, 0.6) is 0 Å². The fourth-order valence-corrected chi connectivity index (χ4v) is 3.99. The highest BCUT2D eigenvalue weighted by atomic mass is 32.2. The van der Waals surface area contributed by atoms with E-state index in [0.717, 1.165) is 37.9 Å². The molecule has 5 heteroatoms. The van der Waals surface area contributed by atoms with Crippen molar-refractivity contribution in [2.45, 2.75) is 50.5 Å². The lowest BCUT2D eigenvalue weighted by Crippen LogP contribution is -2.36. The first-order valence-electron chi connectivity index (χ1n) is 7.39. The summed E-state index contributed by atoms with van der Waals surface area (Å²) in [6, 6.07) is 7.06. The zero-order valence-corrected chi connectivity index (χ0v) is 13.0. The van der Waals surface area contributed by atoms with E-state index in [0.29, 0.717) is 10.8 Å². The van der Waals surface area contributed by atoms with Crippen LogP contribution >= 0.6 is 0 Å². The van der Waals surface area contributed by atoms with Gasteiger partial charge in [0.25, 0.3) is 0 Å². The SMILES string of the molecule is CCCNc1ccc(S(=O)(=O)NC2CCCC2C)cc1. The molecule has 1 aromatic rings. The van der Waals surface area contributed by atoms with Gasteiger partial charge in [-0.25, -0.2) is 13.1 Å². The van der Waals surface area contributed by atoms with E-state index < -0.39 is 10.0 Å². The van der Waals surface area contributed by atoms with Gasteiger partial charge in [0, 0.05) is 18.3 Å². The highest BCUT2D eigenvalue weighted by Crippen LogP contribution is 2.26. The second kappa shape index (κ2) is 6.59. The number of benzene rings is 1. The minimum atomic E-state index is -3.39. The van der Waals surface area contributed by atoms with Gasteiger partial charge < -0.3 is 5.32 Å². The molecule has 0 radical (unpaired) electrons. The first-order valence-corrected chi connectivity index (χ1v) is 8.87. The second-order valence-corrected chi connectivity index (χ2v) is 7.30. The van der Waals surface area contributed by atoms with Crippen LogP contribution in [0, 0.1) is 5.92 Å². The third-order valence-electron chi connectivity index (χ3n) is 3.91. The normalized spacial score (nSPS) is 22.9. The first kappa shape index (κ1) is 15.3. The number of sulfonamides is 1. The van der Waals surface area contributed by atoms with E-state index in [-0.39, 0.29) is 6.04 Å². The molecule has 1 aliphatic rings. The lowest BCUT2D eigenvalue weighted by Gasteiger charge is -2.17. The van der Waals surface area contributed by atoms with Crippen LogP contribution in [0.25, 0.3) is 0 Å². The van der Waals surface area contributed by atoms with E-state index in [1.54, 1.807) is 12.1 Å². The zero-order valence-electron chi connectivity index (χ0n) is 12.2. The summed E-state index contributed by atoms with van der Waals surface area (Å²) in [6.45, 7) is 5.10. The lowest BCUT2D eigenvalue weighted by molar-refractivity contribution is 0.476. The summed E-state index contributed by atoms with van der Waals surface area (Å²) in [5.41, 5.74) is 0.958. The number of hydrogen-bond acceptors (Lipinski definition) is 3.